The summed E-state index contributed by atoms with van der Waals surface area (Å²) < 4.78 is 4.72. The number of pyridine rings is 1. The third-order valence-electron chi connectivity index (χ3n) is 4.36. The summed E-state index contributed by atoms with van der Waals surface area (Å²) in [7, 11) is 1.37. The van der Waals surface area contributed by atoms with Crippen molar-refractivity contribution in [2.45, 2.75) is 6.92 Å². The zero-order valence-corrected chi connectivity index (χ0v) is 15.8. The van der Waals surface area contributed by atoms with Gasteiger partial charge in [0.2, 0.25) is 0 Å². The quantitative estimate of drug-likeness (QED) is 0.537. The molecule has 0 aliphatic heterocycles. The fraction of sp³-hybridized carbons (Fsp3) is 0.0909. The lowest BCUT2D eigenvalue weighted by Gasteiger charge is -2.03. The number of nitrogens with one attached hydrogen (secondary N) is 1. The van der Waals surface area contributed by atoms with Gasteiger partial charge in [-0.05, 0) is 31.2 Å². The van der Waals surface area contributed by atoms with E-state index in [1.807, 2.05) is 24.3 Å². The zero-order valence-electron chi connectivity index (χ0n) is 15.8. The highest BCUT2D eigenvalue weighted by Gasteiger charge is 2.11. The molecular weight excluding hydrogens is 370 g/mol. The Labute approximate surface area is 166 Å². The molecule has 4 rings (SSSR count). The van der Waals surface area contributed by atoms with Crippen molar-refractivity contribution in [2.75, 3.05) is 7.11 Å². The highest BCUT2D eigenvalue weighted by molar-refractivity contribution is 5.92. The topological polar surface area (TPSA) is 102 Å². The molecule has 2 aromatic carbocycles. The van der Waals surface area contributed by atoms with Crippen LogP contribution in [-0.2, 0) is 14.3 Å². The monoisotopic (exact) mass is 387 g/mol. The van der Waals surface area contributed by atoms with Crippen LogP contribution >= 0.6 is 0 Å². The fourth-order valence-corrected chi connectivity index (χ4v) is 2.89. The molecular formula is C22H17N3O4. The Morgan fingerprint density at radius 1 is 0.931 bits per heavy atom. The second-order valence-corrected chi connectivity index (χ2v) is 6.18. The molecule has 0 saturated heterocycles. The standard InChI is InChI=1S/C21H17N3O2.CO2/c1-13-3-5-15(6-4-13)19-17-11-12-18(22-20(17)24-23-19)14-7-9-16(10-8-14)21(25)26-2;2-1-3/h3-12H,1-2H3,(H,22,23,24);. The predicted molar refractivity (Wildman–Crippen MR) is 106 cm³/mol. The van der Waals surface area contributed by atoms with Crippen molar-refractivity contribution >= 4 is 23.2 Å². The molecule has 0 saturated carbocycles. The Morgan fingerprint density at radius 2 is 1.55 bits per heavy atom. The summed E-state index contributed by atoms with van der Waals surface area (Å²) in [6.45, 7) is 2.06. The van der Waals surface area contributed by atoms with Crippen LogP contribution in [0.3, 0.4) is 0 Å². The van der Waals surface area contributed by atoms with Gasteiger partial charge in [0.25, 0.3) is 0 Å². The van der Waals surface area contributed by atoms with Crippen LogP contribution in [0.15, 0.2) is 60.7 Å². The molecule has 4 aromatic rings. The maximum atomic E-state index is 11.5. The molecule has 0 fully saturated rings. The first kappa shape index (κ1) is 19.7. The van der Waals surface area contributed by atoms with Crippen LogP contribution in [0.2, 0.25) is 0 Å². The molecule has 1 N–H and O–H groups in total. The second-order valence-electron chi connectivity index (χ2n) is 6.18. The summed E-state index contributed by atoms with van der Waals surface area (Å²) in [5, 5.41) is 8.41. The SMILES string of the molecule is COC(=O)c1ccc(-c2ccc3c(-c4ccc(C)cc4)[nH]nc3n2)cc1.O=C=O. The van der Waals surface area contributed by atoms with E-state index in [9.17, 15) is 4.79 Å². The minimum absolute atomic E-state index is 0.250. The van der Waals surface area contributed by atoms with Crippen molar-refractivity contribution in [2.24, 2.45) is 0 Å². The minimum atomic E-state index is -0.352. The molecule has 144 valence electrons. The van der Waals surface area contributed by atoms with Gasteiger partial charge in [-0.2, -0.15) is 14.7 Å². The van der Waals surface area contributed by atoms with Crippen LogP contribution in [0.25, 0.3) is 33.5 Å². The Hall–Kier alpha value is -4.09. The number of aromatic amines is 1. The average Bonchev–Trinajstić information content (AvgIpc) is 3.18. The summed E-state index contributed by atoms with van der Waals surface area (Å²) in [5.41, 5.74) is 6.15. The number of fused-ring (bicyclic) bond motifs is 1. The molecule has 0 amide bonds. The second kappa shape index (κ2) is 8.73. The van der Waals surface area contributed by atoms with Crippen LogP contribution in [0.1, 0.15) is 15.9 Å². The molecule has 7 nitrogen and oxygen atoms in total. The van der Waals surface area contributed by atoms with Crippen molar-refractivity contribution in [3.8, 4) is 22.5 Å². The van der Waals surface area contributed by atoms with E-state index in [2.05, 4.69) is 46.4 Å². The number of hydrogen-bond donors (Lipinski definition) is 1. The predicted octanol–water partition coefficient (Wildman–Crippen LogP) is 3.80. The van der Waals surface area contributed by atoms with Gasteiger partial charge < -0.3 is 4.74 Å². The summed E-state index contributed by atoms with van der Waals surface area (Å²) in [5.74, 6) is -0.352. The summed E-state index contributed by atoms with van der Waals surface area (Å²) in [6, 6.07) is 19.4. The van der Waals surface area contributed by atoms with Crippen LogP contribution in [0.4, 0.5) is 0 Å². The van der Waals surface area contributed by atoms with E-state index >= 15 is 0 Å². The van der Waals surface area contributed by atoms with Crippen LogP contribution in [0, 0.1) is 6.92 Å². The molecule has 0 aliphatic rings. The first-order chi connectivity index (χ1) is 14.1. The largest absolute Gasteiger partial charge is 0.465 e. The van der Waals surface area contributed by atoms with E-state index in [4.69, 9.17) is 14.3 Å². The highest BCUT2D eigenvalue weighted by Crippen LogP contribution is 2.28. The number of methoxy groups -OCH3 is 1. The zero-order chi connectivity index (χ0) is 20.8. The summed E-state index contributed by atoms with van der Waals surface area (Å²) in [6.07, 6.45) is 0.250. The number of aryl methyl sites for hydroxylation is 1. The van der Waals surface area contributed by atoms with Gasteiger partial charge in [0.1, 0.15) is 0 Å². The van der Waals surface area contributed by atoms with Crippen LogP contribution in [-0.4, -0.2) is 34.4 Å². The number of aromatic nitrogens is 3. The minimum Gasteiger partial charge on any atom is -0.465 e. The molecule has 0 spiro atoms. The number of rotatable bonds is 3. The molecule has 0 atom stereocenters. The van der Waals surface area contributed by atoms with Gasteiger partial charge in [0.15, 0.2) is 5.65 Å². The molecule has 29 heavy (non-hydrogen) atoms. The Bertz CT molecular complexity index is 1170. The first-order valence-electron chi connectivity index (χ1n) is 8.67. The van der Waals surface area contributed by atoms with Crippen LogP contribution in [0.5, 0.6) is 0 Å². The lowest BCUT2D eigenvalue weighted by Crippen LogP contribution is -2.00. The van der Waals surface area contributed by atoms with Gasteiger partial charge in [-0.25, -0.2) is 9.78 Å². The van der Waals surface area contributed by atoms with E-state index in [1.165, 1.54) is 12.7 Å². The number of carbonyl (C=O) groups is 1. The van der Waals surface area contributed by atoms with Crippen molar-refractivity contribution in [3.63, 3.8) is 0 Å². The lowest BCUT2D eigenvalue weighted by atomic mass is 10.1. The van der Waals surface area contributed by atoms with Crippen molar-refractivity contribution in [1.82, 2.24) is 15.2 Å². The van der Waals surface area contributed by atoms with Gasteiger partial charge in [0, 0.05) is 16.5 Å². The molecule has 0 unspecified atom stereocenters. The number of ether oxygens (including phenoxy) is 1. The molecule has 0 radical (unpaired) electrons. The number of nitrogens with zero attached hydrogens (tertiary/aromatic N) is 2. The Morgan fingerprint density at radius 3 is 2.17 bits per heavy atom. The first-order valence-corrected chi connectivity index (χ1v) is 8.67. The summed E-state index contributed by atoms with van der Waals surface area (Å²) in [4.78, 5) is 32.4. The number of carbonyl (C=O) groups excluding carboxylic acids is 3. The van der Waals surface area contributed by atoms with Gasteiger partial charge in [-0.15, -0.1) is 0 Å². The van der Waals surface area contributed by atoms with Gasteiger partial charge in [-0.1, -0.05) is 42.0 Å². The van der Waals surface area contributed by atoms with Crippen molar-refractivity contribution in [1.29, 1.82) is 0 Å². The maximum Gasteiger partial charge on any atom is 0.373 e. The molecule has 0 bridgehead atoms. The van der Waals surface area contributed by atoms with Gasteiger partial charge >= 0.3 is 12.1 Å². The molecule has 0 aliphatic carbocycles. The Kier molecular flexibility index (Phi) is 5.92. The van der Waals surface area contributed by atoms with Gasteiger partial charge in [-0.3, -0.25) is 5.10 Å². The van der Waals surface area contributed by atoms with Crippen molar-refractivity contribution < 1.29 is 19.1 Å². The van der Waals surface area contributed by atoms with Gasteiger partial charge in [0.05, 0.1) is 24.1 Å². The fourth-order valence-electron chi connectivity index (χ4n) is 2.89. The number of hydrogen-bond acceptors (Lipinski definition) is 6. The van der Waals surface area contributed by atoms with E-state index < -0.39 is 0 Å². The number of esters is 1. The summed E-state index contributed by atoms with van der Waals surface area (Å²) >= 11 is 0. The van der Waals surface area contributed by atoms with E-state index in [0.29, 0.717) is 11.2 Å². The number of H-pyrrole nitrogens is 1. The van der Waals surface area contributed by atoms with Crippen LogP contribution < -0.4 is 0 Å². The van der Waals surface area contributed by atoms with Crippen molar-refractivity contribution in [3.05, 3.63) is 71.8 Å². The van der Waals surface area contributed by atoms with E-state index in [1.54, 1.807) is 12.1 Å². The third-order valence-corrected chi connectivity index (χ3v) is 4.36. The smallest absolute Gasteiger partial charge is 0.373 e. The highest BCUT2D eigenvalue weighted by atomic mass is 16.5. The third kappa shape index (κ3) is 4.26. The maximum absolute atomic E-state index is 11.5. The van der Waals surface area contributed by atoms with E-state index in [-0.39, 0.29) is 12.1 Å². The normalized spacial score (nSPS) is 10.0. The van der Waals surface area contributed by atoms with E-state index in [0.717, 1.165) is 27.9 Å². The Balaban J connectivity index is 0.000000755. The molecule has 2 heterocycles. The average molecular weight is 387 g/mol. The lowest BCUT2D eigenvalue weighted by molar-refractivity contribution is -0.191. The molecule has 2 aromatic heterocycles. The molecule has 7 heteroatoms. The number of benzene rings is 2.